The summed E-state index contributed by atoms with van der Waals surface area (Å²) in [7, 11) is 0. The van der Waals surface area contributed by atoms with Crippen molar-refractivity contribution >= 4 is 29.0 Å². The fraction of sp³-hybridized carbons (Fsp3) is 0.185. The minimum absolute atomic E-state index is 0.0670. The molecule has 0 aliphatic carbocycles. The van der Waals surface area contributed by atoms with E-state index in [-0.39, 0.29) is 12.3 Å². The normalized spacial score (nSPS) is 11.0. The first-order valence-corrected chi connectivity index (χ1v) is 11.7. The maximum Gasteiger partial charge on any atom is 0.338 e. The molecule has 0 N–H and O–H groups in total. The van der Waals surface area contributed by atoms with E-state index in [2.05, 4.69) is 6.07 Å². The third-order valence-corrected chi connectivity index (χ3v) is 6.10. The van der Waals surface area contributed by atoms with Gasteiger partial charge in [-0.05, 0) is 56.0 Å². The number of hydrogen-bond donors (Lipinski definition) is 0. The van der Waals surface area contributed by atoms with Gasteiger partial charge >= 0.3 is 5.97 Å². The molecule has 0 amide bonds. The molecule has 3 rings (SSSR count). The van der Waals surface area contributed by atoms with Gasteiger partial charge in [0, 0.05) is 27.5 Å². The van der Waals surface area contributed by atoms with Gasteiger partial charge in [0.25, 0.3) is 5.69 Å². The number of nitro benzene ring substituents is 1. The second kappa shape index (κ2) is 13.0. The summed E-state index contributed by atoms with van der Waals surface area (Å²) >= 11 is 1.64. The lowest BCUT2D eigenvalue weighted by molar-refractivity contribution is -0.384. The minimum atomic E-state index is -0.512. The standard InChI is InChI=1S/C27H24N2O4S/c28-20-22(25-13-7-8-14-26(25)34-24-11-5-3-6-12-24)10-4-1-2-9-19-33-27(30)21-15-17-23(18-16-21)29(31)32/h3,5-8,10-18H,1-2,4,9,19H2/b22-10+. The van der Waals surface area contributed by atoms with Crippen LogP contribution in [0.2, 0.25) is 0 Å². The zero-order chi connectivity index (χ0) is 24.2. The van der Waals surface area contributed by atoms with E-state index in [1.54, 1.807) is 11.8 Å². The van der Waals surface area contributed by atoms with Crippen LogP contribution < -0.4 is 0 Å². The molecule has 0 spiro atoms. The monoisotopic (exact) mass is 472 g/mol. The Balaban J connectivity index is 1.45. The van der Waals surface area contributed by atoms with Crippen molar-refractivity contribution in [1.82, 2.24) is 0 Å². The van der Waals surface area contributed by atoms with E-state index in [0.717, 1.165) is 34.6 Å². The number of hydrogen-bond acceptors (Lipinski definition) is 6. The van der Waals surface area contributed by atoms with E-state index >= 15 is 0 Å². The van der Waals surface area contributed by atoms with Crippen LogP contribution in [-0.4, -0.2) is 17.5 Å². The zero-order valence-corrected chi connectivity index (χ0v) is 19.4. The molecule has 7 heteroatoms. The zero-order valence-electron chi connectivity index (χ0n) is 18.6. The Hall–Kier alpha value is -3.89. The number of benzene rings is 3. The average Bonchev–Trinajstić information content (AvgIpc) is 2.87. The van der Waals surface area contributed by atoms with Crippen LogP contribution in [0.1, 0.15) is 41.6 Å². The van der Waals surface area contributed by atoms with Gasteiger partial charge in [-0.3, -0.25) is 10.1 Å². The van der Waals surface area contributed by atoms with Crippen molar-refractivity contribution in [2.75, 3.05) is 6.61 Å². The van der Waals surface area contributed by atoms with Gasteiger partial charge in [0.1, 0.15) is 0 Å². The topological polar surface area (TPSA) is 93.2 Å². The molecular weight excluding hydrogens is 448 g/mol. The summed E-state index contributed by atoms with van der Waals surface area (Å²) in [5.74, 6) is -0.492. The summed E-state index contributed by atoms with van der Waals surface area (Å²) < 4.78 is 5.24. The van der Waals surface area contributed by atoms with E-state index in [0.29, 0.717) is 17.6 Å². The van der Waals surface area contributed by atoms with E-state index in [1.165, 1.54) is 24.3 Å². The lowest BCUT2D eigenvalue weighted by Crippen LogP contribution is -2.06. The SMILES string of the molecule is N#C/C(=C\CCCCCOC(=O)c1ccc([N+](=O)[O-])cc1)c1ccccc1Sc1ccccc1. The van der Waals surface area contributed by atoms with Crippen molar-refractivity contribution in [3.05, 3.63) is 106 Å². The predicted molar refractivity (Wildman–Crippen MR) is 132 cm³/mol. The molecule has 0 saturated heterocycles. The number of non-ortho nitro benzene ring substituents is 1. The Morgan fingerprint density at radius 2 is 1.68 bits per heavy atom. The van der Waals surface area contributed by atoms with Crippen molar-refractivity contribution in [3.63, 3.8) is 0 Å². The average molecular weight is 473 g/mol. The van der Waals surface area contributed by atoms with Gasteiger partial charge in [-0.2, -0.15) is 5.26 Å². The first-order valence-electron chi connectivity index (χ1n) is 10.9. The van der Waals surface area contributed by atoms with Gasteiger partial charge in [0.2, 0.25) is 0 Å². The minimum Gasteiger partial charge on any atom is -0.462 e. The molecule has 6 nitrogen and oxygen atoms in total. The highest BCUT2D eigenvalue weighted by molar-refractivity contribution is 7.99. The molecule has 0 aliphatic heterocycles. The molecule has 0 unspecified atom stereocenters. The van der Waals surface area contributed by atoms with Gasteiger partial charge < -0.3 is 4.74 Å². The van der Waals surface area contributed by atoms with Gasteiger partial charge in [-0.25, -0.2) is 4.79 Å². The van der Waals surface area contributed by atoms with E-state index in [9.17, 15) is 20.2 Å². The van der Waals surface area contributed by atoms with Crippen molar-refractivity contribution in [2.45, 2.75) is 35.5 Å². The van der Waals surface area contributed by atoms with Crippen LogP contribution in [-0.2, 0) is 4.74 Å². The Morgan fingerprint density at radius 1 is 0.971 bits per heavy atom. The second-order valence-corrected chi connectivity index (χ2v) is 8.55. The highest BCUT2D eigenvalue weighted by Crippen LogP contribution is 2.33. The highest BCUT2D eigenvalue weighted by atomic mass is 32.2. The number of ether oxygens (including phenoxy) is 1. The van der Waals surface area contributed by atoms with Crippen LogP contribution >= 0.6 is 11.8 Å². The fourth-order valence-corrected chi connectivity index (χ4v) is 4.23. The molecule has 3 aromatic carbocycles. The maximum absolute atomic E-state index is 12.0. The first kappa shape index (κ1) is 24.7. The molecule has 3 aromatic rings. The van der Waals surface area contributed by atoms with Crippen LogP contribution in [0.5, 0.6) is 0 Å². The summed E-state index contributed by atoms with van der Waals surface area (Å²) in [6, 6.07) is 25.7. The van der Waals surface area contributed by atoms with Gasteiger partial charge in [-0.1, -0.05) is 54.2 Å². The molecule has 0 heterocycles. The van der Waals surface area contributed by atoms with Crippen molar-refractivity contribution in [2.24, 2.45) is 0 Å². The van der Waals surface area contributed by atoms with Crippen LogP contribution in [0.3, 0.4) is 0 Å². The van der Waals surface area contributed by atoms with Crippen LogP contribution in [0.4, 0.5) is 5.69 Å². The van der Waals surface area contributed by atoms with Gasteiger partial charge in [-0.15, -0.1) is 0 Å². The van der Waals surface area contributed by atoms with Gasteiger partial charge in [0.15, 0.2) is 0 Å². The van der Waals surface area contributed by atoms with Crippen molar-refractivity contribution in [3.8, 4) is 6.07 Å². The third kappa shape index (κ3) is 7.32. The first-order chi connectivity index (χ1) is 16.6. The Morgan fingerprint density at radius 3 is 2.38 bits per heavy atom. The number of nitriles is 1. The summed E-state index contributed by atoms with van der Waals surface area (Å²) in [5.41, 5.74) is 1.81. The quantitative estimate of drug-likeness (QED) is 0.0974. The van der Waals surface area contributed by atoms with Crippen molar-refractivity contribution in [1.29, 1.82) is 5.26 Å². The summed E-state index contributed by atoms with van der Waals surface area (Å²) in [6.07, 6.45) is 5.14. The summed E-state index contributed by atoms with van der Waals surface area (Å²) in [4.78, 5) is 24.4. The molecule has 0 aromatic heterocycles. The number of carbonyl (C=O) groups is 1. The van der Waals surface area contributed by atoms with Crippen LogP contribution in [0.15, 0.2) is 94.7 Å². The number of allylic oxidation sites excluding steroid dienone is 2. The number of unbranched alkanes of at least 4 members (excludes halogenated alkanes) is 3. The molecule has 34 heavy (non-hydrogen) atoms. The number of esters is 1. The Kier molecular flexibility index (Phi) is 9.44. The fourth-order valence-electron chi connectivity index (χ4n) is 3.25. The number of rotatable bonds is 11. The maximum atomic E-state index is 12.0. The molecule has 0 atom stereocenters. The summed E-state index contributed by atoms with van der Waals surface area (Å²) in [5, 5.41) is 20.4. The van der Waals surface area contributed by atoms with E-state index < -0.39 is 10.9 Å². The molecule has 172 valence electrons. The Labute approximate surface area is 203 Å². The largest absolute Gasteiger partial charge is 0.462 e. The van der Waals surface area contributed by atoms with Crippen molar-refractivity contribution < 1.29 is 14.5 Å². The Bertz CT molecular complexity index is 1190. The lowest BCUT2D eigenvalue weighted by Gasteiger charge is -2.08. The predicted octanol–water partition coefficient (Wildman–Crippen LogP) is 7.07. The highest BCUT2D eigenvalue weighted by Gasteiger charge is 2.11. The van der Waals surface area contributed by atoms with Gasteiger partial charge in [0.05, 0.1) is 28.7 Å². The molecular formula is C27H24N2O4S. The number of nitrogens with zero attached hydrogens (tertiary/aromatic N) is 2. The molecule has 0 saturated carbocycles. The number of carbonyl (C=O) groups excluding carboxylic acids is 1. The van der Waals surface area contributed by atoms with Crippen LogP contribution in [0.25, 0.3) is 5.57 Å². The molecule has 0 fully saturated rings. The molecule has 0 aliphatic rings. The molecule has 0 bridgehead atoms. The summed E-state index contributed by atoms with van der Waals surface area (Å²) in [6.45, 7) is 0.279. The number of nitro groups is 1. The second-order valence-electron chi connectivity index (χ2n) is 7.43. The van der Waals surface area contributed by atoms with E-state index in [4.69, 9.17) is 4.74 Å². The van der Waals surface area contributed by atoms with Crippen LogP contribution in [0, 0.1) is 21.4 Å². The third-order valence-electron chi connectivity index (χ3n) is 5.01. The van der Waals surface area contributed by atoms with E-state index in [1.807, 2.05) is 60.7 Å². The lowest BCUT2D eigenvalue weighted by atomic mass is 10.0. The molecule has 0 radical (unpaired) electrons. The smallest absolute Gasteiger partial charge is 0.338 e.